The van der Waals surface area contributed by atoms with Gasteiger partial charge in [0.05, 0.1) is 23.8 Å². The number of aromatic amines is 2. The lowest BCUT2D eigenvalue weighted by Gasteiger charge is -2.05. The van der Waals surface area contributed by atoms with E-state index < -0.39 is 0 Å². The summed E-state index contributed by atoms with van der Waals surface area (Å²) in [6, 6.07) is 19.5. The molecule has 0 fully saturated rings. The fourth-order valence-corrected chi connectivity index (χ4v) is 3.58. The summed E-state index contributed by atoms with van der Waals surface area (Å²) in [6.07, 6.45) is 8.20. The number of para-hydroxylation sites is 1. The average molecular weight is 381 g/mol. The molecule has 0 aliphatic heterocycles. The van der Waals surface area contributed by atoms with E-state index in [9.17, 15) is 4.79 Å². The van der Waals surface area contributed by atoms with Crippen molar-refractivity contribution in [1.29, 1.82) is 0 Å². The molecule has 0 aliphatic rings. The van der Waals surface area contributed by atoms with Crippen LogP contribution in [0.2, 0.25) is 0 Å². The van der Waals surface area contributed by atoms with Crippen molar-refractivity contribution in [3.8, 4) is 0 Å². The van der Waals surface area contributed by atoms with Crippen LogP contribution in [0, 0.1) is 0 Å². The smallest absolute Gasteiger partial charge is 0.300 e. The van der Waals surface area contributed by atoms with E-state index in [2.05, 4.69) is 20.3 Å². The first-order valence-electron chi connectivity index (χ1n) is 9.41. The Hall–Kier alpha value is -4.06. The number of amides is 1. The summed E-state index contributed by atoms with van der Waals surface area (Å²) in [7, 11) is 0. The second-order valence-electron chi connectivity index (χ2n) is 6.83. The van der Waals surface area contributed by atoms with E-state index in [0.717, 1.165) is 27.8 Å². The van der Waals surface area contributed by atoms with Crippen molar-refractivity contribution >= 4 is 28.0 Å². The lowest BCUT2D eigenvalue weighted by molar-refractivity contribution is -0.520. The van der Waals surface area contributed by atoms with Crippen LogP contribution in [0.15, 0.2) is 85.5 Å². The second kappa shape index (κ2) is 7.16. The van der Waals surface area contributed by atoms with Gasteiger partial charge in [-0.25, -0.2) is 9.97 Å². The zero-order valence-electron chi connectivity index (χ0n) is 15.6. The molecule has 1 amide bonds. The maximum atomic E-state index is 13.1. The first-order valence-corrected chi connectivity index (χ1v) is 9.41. The Kier molecular flexibility index (Phi) is 4.22. The molecule has 0 saturated carbocycles. The van der Waals surface area contributed by atoms with E-state index in [1.165, 1.54) is 0 Å². The van der Waals surface area contributed by atoms with Crippen molar-refractivity contribution in [1.82, 2.24) is 9.97 Å². The van der Waals surface area contributed by atoms with Gasteiger partial charge in [0.1, 0.15) is 0 Å². The Bertz CT molecular complexity index is 1320. The predicted molar refractivity (Wildman–Crippen MR) is 109 cm³/mol. The van der Waals surface area contributed by atoms with Gasteiger partial charge >= 0.3 is 0 Å². The predicted octanol–water partition coefficient (Wildman–Crippen LogP) is 2.96. The molecule has 0 atom stereocenters. The molecule has 6 nitrogen and oxygen atoms in total. The number of fused-ring (bicyclic) bond motifs is 2. The molecule has 29 heavy (non-hydrogen) atoms. The number of nitrogens with zero attached hydrogens (tertiary/aromatic N) is 2. The van der Waals surface area contributed by atoms with Crippen LogP contribution in [-0.4, -0.2) is 15.9 Å². The van der Waals surface area contributed by atoms with Gasteiger partial charge < -0.3 is 5.32 Å². The number of carbonyl (C=O) groups excluding carboxylic acids is 1. The van der Waals surface area contributed by atoms with Crippen LogP contribution in [0.4, 0.5) is 5.69 Å². The van der Waals surface area contributed by atoms with Crippen LogP contribution in [0.25, 0.3) is 16.4 Å². The molecule has 0 radical (unpaired) electrons. The summed E-state index contributed by atoms with van der Waals surface area (Å²) in [6.45, 7) is 0. The van der Waals surface area contributed by atoms with E-state index in [0.29, 0.717) is 17.8 Å². The molecule has 0 aliphatic carbocycles. The lowest BCUT2D eigenvalue weighted by atomic mass is 10.2. The minimum atomic E-state index is -0.197. The van der Waals surface area contributed by atoms with E-state index in [1.807, 2.05) is 83.7 Å². The number of pyridine rings is 3. The molecule has 5 aromatic rings. The Labute approximate surface area is 166 Å². The van der Waals surface area contributed by atoms with E-state index in [1.54, 1.807) is 6.20 Å². The number of benzene rings is 1. The summed E-state index contributed by atoms with van der Waals surface area (Å²) < 4.78 is 2.02. The van der Waals surface area contributed by atoms with Gasteiger partial charge in [0.2, 0.25) is 5.69 Å². The number of hydrogen-bond donors (Lipinski definition) is 2. The molecule has 0 bridgehead atoms. The average Bonchev–Trinajstić information content (AvgIpc) is 3.13. The highest BCUT2D eigenvalue weighted by Crippen LogP contribution is 2.21. The van der Waals surface area contributed by atoms with Crippen molar-refractivity contribution in [2.75, 3.05) is 5.32 Å². The number of hydrogen-bond acceptors (Lipinski definition) is 2. The maximum absolute atomic E-state index is 13.1. The molecule has 4 aromatic heterocycles. The molecule has 0 unspecified atom stereocenters. The summed E-state index contributed by atoms with van der Waals surface area (Å²) in [5, 5.41) is 4.00. The maximum Gasteiger partial charge on any atom is 0.300 e. The fraction of sp³-hybridized carbons (Fsp3) is 0.0435. The Morgan fingerprint density at radius 1 is 1.07 bits per heavy atom. The van der Waals surface area contributed by atoms with E-state index in [4.69, 9.17) is 0 Å². The summed E-state index contributed by atoms with van der Waals surface area (Å²) in [5.74, 6) is 0.735. The van der Waals surface area contributed by atoms with Gasteiger partial charge in [-0.05, 0) is 30.3 Å². The second-order valence-corrected chi connectivity index (χ2v) is 6.83. The number of anilines is 1. The van der Waals surface area contributed by atoms with Gasteiger partial charge in [0.25, 0.3) is 11.7 Å². The molecule has 3 N–H and O–H groups in total. The zero-order chi connectivity index (χ0) is 19.6. The highest BCUT2D eigenvalue weighted by molar-refractivity contribution is 6.10. The van der Waals surface area contributed by atoms with E-state index >= 15 is 0 Å². The molecule has 0 saturated heterocycles. The zero-order valence-corrected chi connectivity index (χ0v) is 15.6. The summed E-state index contributed by atoms with van der Waals surface area (Å²) in [4.78, 5) is 24.0. The van der Waals surface area contributed by atoms with E-state index in [-0.39, 0.29) is 5.91 Å². The van der Waals surface area contributed by atoms with Gasteiger partial charge in [-0.1, -0.05) is 24.3 Å². The quantitative estimate of drug-likeness (QED) is 0.470. The third kappa shape index (κ3) is 3.21. The Morgan fingerprint density at radius 3 is 2.90 bits per heavy atom. The first kappa shape index (κ1) is 17.1. The number of aromatic nitrogens is 4. The Balaban J connectivity index is 1.53. The van der Waals surface area contributed by atoms with Crippen molar-refractivity contribution < 1.29 is 14.2 Å². The molecule has 140 valence electrons. The van der Waals surface area contributed by atoms with Crippen LogP contribution >= 0.6 is 0 Å². The van der Waals surface area contributed by atoms with Crippen LogP contribution in [0.1, 0.15) is 21.9 Å². The van der Waals surface area contributed by atoms with Gasteiger partial charge in [0.15, 0.2) is 17.9 Å². The van der Waals surface area contributed by atoms with Gasteiger partial charge in [-0.15, -0.1) is 0 Å². The molecule has 0 spiro atoms. The summed E-state index contributed by atoms with van der Waals surface area (Å²) in [5.41, 5.74) is 3.93. The van der Waals surface area contributed by atoms with Gasteiger partial charge in [-0.3, -0.25) is 9.78 Å². The standard InChI is InChI=1S/C23H17N5O/c29-23(26-18-9-3-7-17-8-5-12-25-21(17)18)22-19-10-1-2-13-28(19)20(27-22)14-16-6-4-11-24-15-16/h1-13,15H,14H2,(H,26,29)/p+2. The number of H-pyrrole nitrogens is 2. The monoisotopic (exact) mass is 381 g/mol. The normalized spacial score (nSPS) is 11.0. The molecular formula is C23H19N5O+2. The number of imidazole rings is 1. The third-order valence-corrected chi connectivity index (χ3v) is 4.93. The van der Waals surface area contributed by atoms with Gasteiger partial charge in [0, 0.05) is 23.2 Å². The molecule has 5 rings (SSSR count). The summed E-state index contributed by atoms with van der Waals surface area (Å²) >= 11 is 0. The molecular weight excluding hydrogens is 362 g/mol. The number of rotatable bonds is 4. The van der Waals surface area contributed by atoms with Crippen molar-refractivity contribution in [2.24, 2.45) is 0 Å². The minimum absolute atomic E-state index is 0.197. The third-order valence-electron chi connectivity index (χ3n) is 4.93. The first-order chi connectivity index (χ1) is 14.3. The van der Waals surface area contributed by atoms with Crippen molar-refractivity contribution in [2.45, 2.75) is 6.42 Å². The van der Waals surface area contributed by atoms with Crippen LogP contribution in [0.3, 0.4) is 0 Å². The highest BCUT2D eigenvalue weighted by Gasteiger charge is 2.24. The molecule has 1 aromatic carbocycles. The molecule has 4 heterocycles. The SMILES string of the molecule is O=C(Nc1cccc2cccnc12)c1[nH]c(Cc2ccc[nH+]c2)[n+]2ccccc12. The van der Waals surface area contributed by atoms with Crippen LogP contribution in [0.5, 0.6) is 0 Å². The largest absolute Gasteiger partial charge is 0.317 e. The fourth-order valence-electron chi connectivity index (χ4n) is 3.58. The number of nitrogens with one attached hydrogen (secondary N) is 3. The van der Waals surface area contributed by atoms with Crippen molar-refractivity contribution in [3.05, 3.63) is 103 Å². The number of carbonyl (C=O) groups is 1. The van der Waals surface area contributed by atoms with Gasteiger partial charge in [-0.2, -0.15) is 4.40 Å². The van der Waals surface area contributed by atoms with Crippen LogP contribution < -0.4 is 14.7 Å². The Morgan fingerprint density at radius 2 is 2.00 bits per heavy atom. The topological polar surface area (TPSA) is 76.0 Å². The van der Waals surface area contributed by atoms with Crippen LogP contribution in [-0.2, 0) is 6.42 Å². The minimum Gasteiger partial charge on any atom is -0.317 e. The lowest BCUT2D eigenvalue weighted by Crippen LogP contribution is -2.25. The highest BCUT2D eigenvalue weighted by atomic mass is 16.1. The van der Waals surface area contributed by atoms with Crippen molar-refractivity contribution in [3.63, 3.8) is 0 Å². The molecule has 6 heteroatoms.